The highest BCUT2D eigenvalue weighted by molar-refractivity contribution is 14.1. The van der Waals surface area contributed by atoms with Crippen LogP contribution in [0.1, 0.15) is 43.2 Å². The molecule has 2 aliphatic rings. The lowest BCUT2D eigenvalue weighted by molar-refractivity contribution is 0.408. The second kappa shape index (κ2) is 3.86. The van der Waals surface area contributed by atoms with E-state index in [0.29, 0.717) is 5.41 Å². The summed E-state index contributed by atoms with van der Waals surface area (Å²) in [7, 11) is 1.75. The smallest absolute Gasteiger partial charge is 0.140 e. The summed E-state index contributed by atoms with van der Waals surface area (Å²) in [5.41, 5.74) is 3.40. The molecule has 0 saturated heterocycles. The molecule has 0 radical (unpaired) electrons. The zero-order valence-electron chi connectivity index (χ0n) is 9.55. The van der Waals surface area contributed by atoms with Gasteiger partial charge in [-0.3, -0.25) is 0 Å². The molecule has 0 aromatic carbocycles. The van der Waals surface area contributed by atoms with Gasteiger partial charge in [0, 0.05) is 5.56 Å². The Kier molecular flexibility index (Phi) is 2.61. The number of ether oxygens (including phenoxy) is 1. The van der Waals surface area contributed by atoms with Crippen molar-refractivity contribution in [3.63, 3.8) is 0 Å². The third kappa shape index (κ3) is 1.40. The van der Waals surface area contributed by atoms with Crippen LogP contribution in [-0.2, 0) is 11.8 Å². The van der Waals surface area contributed by atoms with Crippen molar-refractivity contribution in [2.24, 2.45) is 0 Å². The molecule has 16 heavy (non-hydrogen) atoms. The van der Waals surface area contributed by atoms with Gasteiger partial charge in [0.1, 0.15) is 9.45 Å². The fourth-order valence-electron chi connectivity index (χ4n) is 3.51. The van der Waals surface area contributed by atoms with Crippen LogP contribution in [0.4, 0.5) is 0 Å². The SMILES string of the molecule is COc1cnc(I)c2c1CCC21CCCC1. The number of rotatable bonds is 1. The summed E-state index contributed by atoms with van der Waals surface area (Å²) in [5.74, 6) is 0.999. The summed E-state index contributed by atoms with van der Waals surface area (Å²) >= 11 is 2.39. The van der Waals surface area contributed by atoms with Crippen molar-refractivity contribution in [3.8, 4) is 5.75 Å². The number of hydrogen-bond donors (Lipinski definition) is 0. The Morgan fingerprint density at radius 2 is 2.06 bits per heavy atom. The predicted molar refractivity (Wildman–Crippen MR) is 72.0 cm³/mol. The average Bonchev–Trinajstić information content (AvgIpc) is 2.90. The van der Waals surface area contributed by atoms with Crippen molar-refractivity contribution in [1.29, 1.82) is 0 Å². The maximum Gasteiger partial charge on any atom is 0.140 e. The van der Waals surface area contributed by atoms with E-state index in [9.17, 15) is 0 Å². The number of halogens is 1. The molecule has 0 N–H and O–H groups in total. The molecular formula is C13H16INO. The molecule has 1 saturated carbocycles. The maximum atomic E-state index is 5.45. The normalized spacial score (nSPS) is 21.4. The number of aromatic nitrogens is 1. The predicted octanol–water partition coefficient (Wildman–Crippen LogP) is 3.45. The second-order valence-electron chi connectivity index (χ2n) is 4.96. The molecular weight excluding hydrogens is 313 g/mol. The molecule has 0 aliphatic heterocycles. The van der Waals surface area contributed by atoms with Gasteiger partial charge in [-0.2, -0.15) is 0 Å². The highest BCUT2D eigenvalue weighted by Gasteiger charge is 2.43. The molecule has 3 rings (SSSR count). The van der Waals surface area contributed by atoms with Crippen LogP contribution < -0.4 is 4.74 Å². The van der Waals surface area contributed by atoms with Gasteiger partial charge in [0.25, 0.3) is 0 Å². The molecule has 1 aromatic heterocycles. The van der Waals surface area contributed by atoms with Gasteiger partial charge in [0.2, 0.25) is 0 Å². The number of pyridine rings is 1. The summed E-state index contributed by atoms with van der Waals surface area (Å²) in [6.45, 7) is 0. The summed E-state index contributed by atoms with van der Waals surface area (Å²) in [5, 5.41) is 0. The van der Waals surface area contributed by atoms with E-state index in [1.54, 1.807) is 7.11 Å². The van der Waals surface area contributed by atoms with Crippen LogP contribution in [0.3, 0.4) is 0 Å². The molecule has 1 fully saturated rings. The minimum atomic E-state index is 0.452. The summed E-state index contributed by atoms with van der Waals surface area (Å²) in [6.07, 6.45) is 9.83. The van der Waals surface area contributed by atoms with Gasteiger partial charge in [-0.15, -0.1) is 0 Å². The zero-order valence-corrected chi connectivity index (χ0v) is 11.7. The third-order valence-electron chi connectivity index (χ3n) is 4.27. The molecule has 2 nitrogen and oxygen atoms in total. The van der Waals surface area contributed by atoms with E-state index >= 15 is 0 Å². The first-order valence-electron chi connectivity index (χ1n) is 5.99. The lowest BCUT2D eigenvalue weighted by atomic mass is 9.81. The lowest BCUT2D eigenvalue weighted by Gasteiger charge is -2.25. The van der Waals surface area contributed by atoms with Crippen LogP contribution in [0, 0.1) is 3.70 Å². The van der Waals surface area contributed by atoms with E-state index < -0.39 is 0 Å². The molecule has 3 heteroatoms. The minimum Gasteiger partial charge on any atom is -0.495 e. The van der Waals surface area contributed by atoms with Crippen LogP contribution in [-0.4, -0.2) is 12.1 Å². The Balaban J connectivity index is 2.17. The van der Waals surface area contributed by atoms with Gasteiger partial charge in [0.05, 0.1) is 13.3 Å². The van der Waals surface area contributed by atoms with Gasteiger partial charge in [-0.25, -0.2) is 4.98 Å². The Morgan fingerprint density at radius 3 is 2.75 bits per heavy atom. The quantitative estimate of drug-likeness (QED) is 0.582. The van der Waals surface area contributed by atoms with E-state index in [4.69, 9.17) is 4.74 Å². The fourth-order valence-corrected chi connectivity index (χ4v) is 4.55. The van der Waals surface area contributed by atoms with Gasteiger partial charge in [-0.1, -0.05) is 12.8 Å². The van der Waals surface area contributed by atoms with Gasteiger partial charge in [0.15, 0.2) is 0 Å². The van der Waals surface area contributed by atoms with Crippen molar-refractivity contribution >= 4 is 22.6 Å². The number of methoxy groups -OCH3 is 1. The van der Waals surface area contributed by atoms with E-state index in [-0.39, 0.29) is 0 Å². The molecule has 0 unspecified atom stereocenters. The molecule has 1 spiro atoms. The molecule has 0 amide bonds. The lowest BCUT2D eigenvalue weighted by Crippen LogP contribution is -2.19. The number of nitrogens with zero attached hydrogens (tertiary/aromatic N) is 1. The first-order chi connectivity index (χ1) is 7.77. The first-order valence-corrected chi connectivity index (χ1v) is 7.06. The Bertz CT molecular complexity index is 424. The van der Waals surface area contributed by atoms with Crippen LogP contribution in [0.5, 0.6) is 5.75 Å². The molecule has 0 bridgehead atoms. The highest BCUT2D eigenvalue weighted by atomic mass is 127. The molecule has 1 heterocycles. The van der Waals surface area contributed by atoms with Gasteiger partial charge < -0.3 is 4.74 Å². The molecule has 0 atom stereocenters. The first kappa shape index (κ1) is 10.8. The second-order valence-corrected chi connectivity index (χ2v) is 5.98. The topological polar surface area (TPSA) is 22.1 Å². The van der Waals surface area contributed by atoms with Crippen molar-refractivity contribution in [1.82, 2.24) is 4.98 Å². The van der Waals surface area contributed by atoms with Crippen molar-refractivity contribution in [2.45, 2.75) is 43.9 Å². The van der Waals surface area contributed by atoms with Crippen LogP contribution in [0.2, 0.25) is 0 Å². The molecule has 86 valence electrons. The number of fused-ring (bicyclic) bond motifs is 2. The Morgan fingerprint density at radius 1 is 1.31 bits per heavy atom. The molecule has 1 aromatic rings. The highest BCUT2D eigenvalue weighted by Crippen LogP contribution is 2.52. The van der Waals surface area contributed by atoms with Crippen LogP contribution in [0.25, 0.3) is 0 Å². The van der Waals surface area contributed by atoms with E-state index in [1.165, 1.54) is 53.4 Å². The van der Waals surface area contributed by atoms with Gasteiger partial charge >= 0.3 is 0 Å². The Labute approximate surface area is 110 Å². The van der Waals surface area contributed by atoms with E-state index in [0.717, 1.165) is 5.75 Å². The van der Waals surface area contributed by atoms with Gasteiger partial charge in [-0.05, 0) is 59.3 Å². The van der Waals surface area contributed by atoms with Crippen LogP contribution >= 0.6 is 22.6 Å². The van der Waals surface area contributed by atoms with Crippen molar-refractivity contribution in [2.75, 3.05) is 7.11 Å². The van der Waals surface area contributed by atoms with E-state index in [1.807, 2.05) is 6.20 Å². The van der Waals surface area contributed by atoms with Crippen LogP contribution in [0.15, 0.2) is 6.20 Å². The Hall–Kier alpha value is -0.320. The summed E-state index contributed by atoms with van der Waals surface area (Å²) in [4.78, 5) is 4.50. The van der Waals surface area contributed by atoms with Crippen molar-refractivity contribution < 1.29 is 4.74 Å². The third-order valence-corrected chi connectivity index (χ3v) is 5.08. The standard InChI is InChI=1S/C13H16INO/c1-16-10-8-15-12(14)11-9(10)4-7-13(11)5-2-3-6-13/h8H,2-7H2,1H3. The minimum absolute atomic E-state index is 0.452. The van der Waals surface area contributed by atoms with Crippen molar-refractivity contribution in [3.05, 3.63) is 21.0 Å². The summed E-state index contributed by atoms with van der Waals surface area (Å²) < 4.78 is 6.65. The van der Waals surface area contributed by atoms with E-state index in [2.05, 4.69) is 27.6 Å². The molecule has 2 aliphatic carbocycles. The fraction of sp³-hybridized carbons (Fsp3) is 0.615. The number of hydrogen-bond acceptors (Lipinski definition) is 2. The monoisotopic (exact) mass is 329 g/mol. The largest absolute Gasteiger partial charge is 0.495 e. The maximum absolute atomic E-state index is 5.45. The average molecular weight is 329 g/mol. The summed E-state index contributed by atoms with van der Waals surface area (Å²) in [6, 6.07) is 0. The zero-order chi connectivity index (χ0) is 11.2.